The standard InChI is InChI=1S/C9H8N4O3/c10-8-7(12-16-13-8)9(15)11-5-1-3-6(14)4-2-5/h1-4,14H,(H2,10,13)(H,11,15). The molecule has 1 heterocycles. The summed E-state index contributed by atoms with van der Waals surface area (Å²) in [6.07, 6.45) is 0. The Labute approximate surface area is 89.8 Å². The Kier molecular flexibility index (Phi) is 2.42. The minimum absolute atomic E-state index is 0.0729. The highest BCUT2D eigenvalue weighted by Gasteiger charge is 2.15. The summed E-state index contributed by atoms with van der Waals surface area (Å²) in [4.78, 5) is 11.6. The molecule has 16 heavy (non-hydrogen) atoms. The fraction of sp³-hybridized carbons (Fsp3) is 0. The summed E-state index contributed by atoms with van der Waals surface area (Å²) in [6.45, 7) is 0. The molecule has 2 aromatic rings. The average Bonchev–Trinajstić information content (AvgIpc) is 2.68. The molecule has 0 fully saturated rings. The van der Waals surface area contributed by atoms with Gasteiger partial charge in [-0.15, -0.1) is 0 Å². The molecule has 0 aliphatic carbocycles. The number of aromatic hydroxyl groups is 1. The molecule has 1 aromatic heterocycles. The summed E-state index contributed by atoms with van der Waals surface area (Å²) in [5, 5.41) is 18.2. The van der Waals surface area contributed by atoms with E-state index in [1.54, 1.807) is 0 Å². The Hall–Kier alpha value is -2.57. The van der Waals surface area contributed by atoms with E-state index in [0.717, 1.165) is 0 Å². The molecule has 4 N–H and O–H groups in total. The van der Waals surface area contributed by atoms with Crippen molar-refractivity contribution >= 4 is 17.4 Å². The van der Waals surface area contributed by atoms with Gasteiger partial charge in [0, 0.05) is 5.69 Å². The first-order valence-corrected chi connectivity index (χ1v) is 4.35. The quantitative estimate of drug-likeness (QED) is 0.639. The third kappa shape index (κ3) is 1.92. The number of aromatic nitrogens is 2. The van der Waals surface area contributed by atoms with Gasteiger partial charge in [-0.1, -0.05) is 0 Å². The van der Waals surface area contributed by atoms with Gasteiger partial charge < -0.3 is 16.2 Å². The van der Waals surface area contributed by atoms with Gasteiger partial charge in [-0.25, -0.2) is 4.63 Å². The van der Waals surface area contributed by atoms with E-state index in [4.69, 9.17) is 10.8 Å². The Morgan fingerprint density at radius 1 is 1.31 bits per heavy atom. The van der Waals surface area contributed by atoms with E-state index in [2.05, 4.69) is 20.3 Å². The molecule has 1 amide bonds. The van der Waals surface area contributed by atoms with Crippen LogP contribution in [0.15, 0.2) is 28.9 Å². The zero-order valence-corrected chi connectivity index (χ0v) is 8.04. The van der Waals surface area contributed by atoms with E-state index in [9.17, 15) is 4.79 Å². The SMILES string of the molecule is Nc1nonc1C(=O)Nc1ccc(O)cc1. The highest BCUT2D eigenvalue weighted by atomic mass is 16.6. The number of phenols is 1. The Morgan fingerprint density at radius 2 is 2.00 bits per heavy atom. The number of anilines is 2. The van der Waals surface area contributed by atoms with Crippen LogP contribution in [0.25, 0.3) is 0 Å². The highest BCUT2D eigenvalue weighted by molar-refractivity contribution is 6.05. The van der Waals surface area contributed by atoms with Gasteiger partial charge >= 0.3 is 0 Å². The number of benzene rings is 1. The number of nitrogen functional groups attached to an aromatic ring is 1. The van der Waals surface area contributed by atoms with Crippen molar-refractivity contribution in [1.29, 1.82) is 0 Å². The summed E-state index contributed by atoms with van der Waals surface area (Å²) in [5.74, 6) is -0.485. The number of nitrogens with one attached hydrogen (secondary N) is 1. The predicted molar refractivity (Wildman–Crippen MR) is 54.8 cm³/mol. The lowest BCUT2D eigenvalue weighted by molar-refractivity contribution is 0.101. The van der Waals surface area contributed by atoms with Gasteiger partial charge in [-0.3, -0.25) is 4.79 Å². The number of phenolic OH excluding ortho intramolecular Hbond substituents is 1. The molecule has 7 heteroatoms. The lowest BCUT2D eigenvalue weighted by atomic mass is 10.3. The van der Waals surface area contributed by atoms with Crippen LogP contribution in [0, 0.1) is 0 Å². The summed E-state index contributed by atoms with van der Waals surface area (Å²) < 4.78 is 4.30. The van der Waals surface area contributed by atoms with Gasteiger partial charge in [0.25, 0.3) is 5.91 Å². The Morgan fingerprint density at radius 3 is 2.56 bits per heavy atom. The van der Waals surface area contributed by atoms with Crippen molar-refractivity contribution in [3.63, 3.8) is 0 Å². The molecule has 0 spiro atoms. The zero-order chi connectivity index (χ0) is 11.5. The third-order valence-electron chi connectivity index (χ3n) is 1.85. The topological polar surface area (TPSA) is 114 Å². The van der Waals surface area contributed by atoms with E-state index in [1.807, 2.05) is 0 Å². The third-order valence-corrected chi connectivity index (χ3v) is 1.85. The van der Waals surface area contributed by atoms with Gasteiger partial charge in [0.05, 0.1) is 0 Å². The Bertz CT molecular complexity index is 506. The minimum atomic E-state index is -0.524. The van der Waals surface area contributed by atoms with E-state index < -0.39 is 5.91 Å². The molecule has 0 saturated carbocycles. The number of hydrogen-bond donors (Lipinski definition) is 3. The number of carbonyl (C=O) groups excluding carboxylic acids is 1. The fourth-order valence-electron chi connectivity index (χ4n) is 1.09. The van der Waals surface area contributed by atoms with E-state index in [-0.39, 0.29) is 17.3 Å². The molecule has 1 aromatic carbocycles. The van der Waals surface area contributed by atoms with Crippen molar-refractivity contribution in [2.75, 3.05) is 11.1 Å². The van der Waals surface area contributed by atoms with Crippen molar-refractivity contribution in [2.24, 2.45) is 0 Å². The lowest BCUT2D eigenvalue weighted by Gasteiger charge is -2.02. The molecule has 0 aliphatic rings. The molecule has 0 unspecified atom stereocenters. The van der Waals surface area contributed by atoms with Crippen LogP contribution in [-0.2, 0) is 0 Å². The highest BCUT2D eigenvalue weighted by Crippen LogP contribution is 2.15. The maximum absolute atomic E-state index is 11.6. The van der Waals surface area contributed by atoms with Crippen LogP contribution < -0.4 is 11.1 Å². The van der Waals surface area contributed by atoms with Crippen molar-refractivity contribution in [2.45, 2.75) is 0 Å². The summed E-state index contributed by atoms with van der Waals surface area (Å²) in [6, 6.07) is 5.97. The molecule has 0 saturated heterocycles. The first kappa shape index (κ1) is 9.97. The van der Waals surface area contributed by atoms with E-state index >= 15 is 0 Å². The number of nitrogens with zero attached hydrogens (tertiary/aromatic N) is 2. The largest absolute Gasteiger partial charge is 0.508 e. The summed E-state index contributed by atoms with van der Waals surface area (Å²) in [7, 11) is 0. The van der Waals surface area contributed by atoms with E-state index in [0.29, 0.717) is 5.69 Å². The van der Waals surface area contributed by atoms with Gasteiger partial charge in [0.15, 0.2) is 0 Å². The number of carbonyl (C=O) groups is 1. The molecule has 7 nitrogen and oxygen atoms in total. The summed E-state index contributed by atoms with van der Waals surface area (Å²) in [5.41, 5.74) is 5.78. The van der Waals surface area contributed by atoms with Crippen LogP contribution in [0.5, 0.6) is 5.75 Å². The maximum Gasteiger partial charge on any atom is 0.281 e. The molecule has 0 aliphatic heterocycles. The maximum atomic E-state index is 11.6. The van der Waals surface area contributed by atoms with Crippen LogP contribution >= 0.6 is 0 Å². The monoisotopic (exact) mass is 220 g/mol. The number of hydrogen-bond acceptors (Lipinski definition) is 6. The fourth-order valence-corrected chi connectivity index (χ4v) is 1.09. The van der Waals surface area contributed by atoms with Crippen LogP contribution in [0.2, 0.25) is 0 Å². The first-order valence-electron chi connectivity index (χ1n) is 4.35. The van der Waals surface area contributed by atoms with Crippen LogP contribution in [-0.4, -0.2) is 21.3 Å². The van der Waals surface area contributed by atoms with Gasteiger partial charge in [-0.05, 0) is 34.6 Å². The van der Waals surface area contributed by atoms with Gasteiger partial charge in [0.2, 0.25) is 11.5 Å². The molecule has 2 rings (SSSR count). The molecule has 0 radical (unpaired) electrons. The minimum Gasteiger partial charge on any atom is -0.508 e. The predicted octanol–water partition coefficient (Wildman–Crippen LogP) is 0.610. The smallest absolute Gasteiger partial charge is 0.281 e. The molecular formula is C9H8N4O3. The number of rotatable bonds is 2. The van der Waals surface area contributed by atoms with Crippen LogP contribution in [0.4, 0.5) is 11.5 Å². The lowest BCUT2D eigenvalue weighted by Crippen LogP contribution is -2.14. The van der Waals surface area contributed by atoms with Crippen molar-refractivity contribution < 1.29 is 14.5 Å². The molecule has 82 valence electrons. The first-order chi connectivity index (χ1) is 7.66. The van der Waals surface area contributed by atoms with Crippen molar-refractivity contribution in [3.8, 4) is 5.75 Å². The average molecular weight is 220 g/mol. The number of amides is 1. The van der Waals surface area contributed by atoms with Crippen LogP contribution in [0.1, 0.15) is 10.5 Å². The number of nitrogens with two attached hydrogens (primary N) is 1. The molecular weight excluding hydrogens is 212 g/mol. The zero-order valence-electron chi connectivity index (χ0n) is 8.04. The van der Waals surface area contributed by atoms with E-state index in [1.165, 1.54) is 24.3 Å². The second kappa shape index (κ2) is 3.89. The van der Waals surface area contributed by atoms with Crippen molar-refractivity contribution in [1.82, 2.24) is 10.3 Å². The second-order valence-corrected chi connectivity index (χ2v) is 3.00. The molecule has 0 bridgehead atoms. The molecule has 0 atom stereocenters. The summed E-state index contributed by atoms with van der Waals surface area (Å²) >= 11 is 0. The second-order valence-electron chi connectivity index (χ2n) is 3.00. The Balaban J connectivity index is 2.14. The normalized spacial score (nSPS) is 10.0. The van der Waals surface area contributed by atoms with Gasteiger partial charge in [-0.2, -0.15) is 0 Å². The van der Waals surface area contributed by atoms with Crippen molar-refractivity contribution in [3.05, 3.63) is 30.0 Å². The van der Waals surface area contributed by atoms with Crippen LogP contribution in [0.3, 0.4) is 0 Å². The van der Waals surface area contributed by atoms with Gasteiger partial charge in [0.1, 0.15) is 5.75 Å².